The summed E-state index contributed by atoms with van der Waals surface area (Å²) in [4.78, 5) is 0. The molecule has 2 N–H and O–H groups in total. The SMILES string of the molecule is CC(O)C(C)(C)Nc1ccccc1C#N. The Morgan fingerprint density at radius 1 is 1.40 bits per heavy atom. The van der Waals surface area contributed by atoms with E-state index in [1.165, 1.54) is 0 Å². The summed E-state index contributed by atoms with van der Waals surface area (Å²) in [5.74, 6) is 0. The van der Waals surface area contributed by atoms with Gasteiger partial charge in [0.05, 0.1) is 22.9 Å². The molecule has 0 heterocycles. The van der Waals surface area contributed by atoms with E-state index in [0.717, 1.165) is 5.69 Å². The van der Waals surface area contributed by atoms with Crippen LogP contribution in [0.15, 0.2) is 24.3 Å². The number of aliphatic hydroxyl groups excluding tert-OH is 1. The van der Waals surface area contributed by atoms with Crippen molar-refractivity contribution in [1.29, 1.82) is 5.26 Å². The molecule has 0 aliphatic rings. The van der Waals surface area contributed by atoms with Crippen LogP contribution in [0.4, 0.5) is 5.69 Å². The number of nitrogens with one attached hydrogen (secondary N) is 1. The van der Waals surface area contributed by atoms with Crippen molar-refractivity contribution in [2.45, 2.75) is 32.4 Å². The first-order chi connectivity index (χ1) is 6.97. The van der Waals surface area contributed by atoms with Crippen molar-refractivity contribution in [2.24, 2.45) is 0 Å². The van der Waals surface area contributed by atoms with Gasteiger partial charge < -0.3 is 10.4 Å². The van der Waals surface area contributed by atoms with Gasteiger partial charge >= 0.3 is 0 Å². The molecule has 0 bridgehead atoms. The van der Waals surface area contributed by atoms with Gasteiger partial charge in [0.1, 0.15) is 6.07 Å². The molecule has 3 heteroatoms. The van der Waals surface area contributed by atoms with E-state index in [2.05, 4.69) is 11.4 Å². The molecule has 0 fully saturated rings. The van der Waals surface area contributed by atoms with Crippen LogP contribution in [0.3, 0.4) is 0 Å². The van der Waals surface area contributed by atoms with E-state index in [0.29, 0.717) is 5.56 Å². The van der Waals surface area contributed by atoms with Gasteiger partial charge in [-0.15, -0.1) is 0 Å². The molecular weight excluding hydrogens is 188 g/mol. The molecule has 0 aliphatic heterocycles. The molecular formula is C12H16N2O. The van der Waals surface area contributed by atoms with Crippen LogP contribution in [0, 0.1) is 11.3 Å². The molecule has 1 aromatic rings. The minimum atomic E-state index is -0.496. The van der Waals surface area contributed by atoms with E-state index >= 15 is 0 Å². The van der Waals surface area contributed by atoms with Crippen molar-refractivity contribution in [2.75, 3.05) is 5.32 Å². The number of hydrogen-bond donors (Lipinski definition) is 2. The molecule has 1 aromatic carbocycles. The highest BCUT2D eigenvalue weighted by molar-refractivity contribution is 5.58. The van der Waals surface area contributed by atoms with Gasteiger partial charge in [-0.05, 0) is 32.9 Å². The predicted molar refractivity (Wildman–Crippen MR) is 60.5 cm³/mol. The lowest BCUT2D eigenvalue weighted by Crippen LogP contribution is -2.42. The number of benzene rings is 1. The van der Waals surface area contributed by atoms with Crippen LogP contribution < -0.4 is 5.32 Å². The van der Waals surface area contributed by atoms with E-state index in [4.69, 9.17) is 5.26 Å². The Morgan fingerprint density at radius 2 is 2.00 bits per heavy atom. The fourth-order valence-electron chi connectivity index (χ4n) is 1.14. The zero-order valence-corrected chi connectivity index (χ0v) is 9.28. The second-order valence-electron chi connectivity index (χ2n) is 4.18. The molecule has 1 unspecified atom stereocenters. The molecule has 1 rings (SSSR count). The Labute approximate surface area is 90.4 Å². The minimum Gasteiger partial charge on any atom is -0.391 e. The van der Waals surface area contributed by atoms with Gasteiger partial charge in [-0.25, -0.2) is 0 Å². The second kappa shape index (κ2) is 4.33. The predicted octanol–water partition coefficient (Wildman–Crippen LogP) is 2.13. The van der Waals surface area contributed by atoms with E-state index in [9.17, 15) is 5.11 Å². The second-order valence-corrected chi connectivity index (χ2v) is 4.18. The standard InChI is InChI=1S/C12H16N2O/c1-9(15)12(2,3)14-11-7-5-4-6-10(11)8-13/h4-7,9,14-15H,1-3H3. The van der Waals surface area contributed by atoms with E-state index in [1.807, 2.05) is 32.0 Å². The molecule has 0 saturated heterocycles. The van der Waals surface area contributed by atoms with Gasteiger partial charge in [0.15, 0.2) is 0 Å². The van der Waals surface area contributed by atoms with Crippen molar-refractivity contribution < 1.29 is 5.11 Å². The van der Waals surface area contributed by atoms with E-state index in [-0.39, 0.29) is 0 Å². The molecule has 0 radical (unpaired) electrons. The first-order valence-electron chi connectivity index (χ1n) is 4.93. The summed E-state index contributed by atoms with van der Waals surface area (Å²) in [6, 6.07) is 9.38. The molecule has 80 valence electrons. The summed E-state index contributed by atoms with van der Waals surface area (Å²) >= 11 is 0. The summed E-state index contributed by atoms with van der Waals surface area (Å²) in [5.41, 5.74) is 0.893. The molecule has 3 nitrogen and oxygen atoms in total. The highest BCUT2D eigenvalue weighted by Crippen LogP contribution is 2.21. The third-order valence-corrected chi connectivity index (χ3v) is 2.55. The number of nitriles is 1. The van der Waals surface area contributed by atoms with Gasteiger partial charge in [0.25, 0.3) is 0 Å². The largest absolute Gasteiger partial charge is 0.391 e. The lowest BCUT2D eigenvalue weighted by Gasteiger charge is -2.30. The van der Waals surface area contributed by atoms with Crippen LogP contribution in [-0.4, -0.2) is 16.7 Å². The zero-order valence-electron chi connectivity index (χ0n) is 9.28. The Kier molecular flexibility index (Phi) is 3.33. The topological polar surface area (TPSA) is 56.0 Å². The van der Waals surface area contributed by atoms with E-state index in [1.54, 1.807) is 13.0 Å². The molecule has 0 amide bonds. The number of rotatable bonds is 3. The van der Waals surface area contributed by atoms with Crippen LogP contribution >= 0.6 is 0 Å². The molecule has 0 spiro atoms. The van der Waals surface area contributed by atoms with Crippen LogP contribution in [-0.2, 0) is 0 Å². The van der Waals surface area contributed by atoms with Crippen molar-refractivity contribution in [1.82, 2.24) is 0 Å². The van der Waals surface area contributed by atoms with Gasteiger partial charge in [0.2, 0.25) is 0 Å². The quantitative estimate of drug-likeness (QED) is 0.793. The lowest BCUT2D eigenvalue weighted by atomic mass is 9.97. The van der Waals surface area contributed by atoms with Crippen LogP contribution in [0.25, 0.3) is 0 Å². The van der Waals surface area contributed by atoms with Gasteiger partial charge in [0, 0.05) is 0 Å². The molecule has 1 atom stereocenters. The monoisotopic (exact) mass is 204 g/mol. The average molecular weight is 204 g/mol. The van der Waals surface area contributed by atoms with Gasteiger partial charge in [-0.1, -0.05) is 12.1 Å². The third-order valence-electron chi connectivity index (χ3n) is 2.55. The van der Waals surface area contributed by atoms with Gasteiger partial charge in [-0.2, -0.15) is 5.26 Å². The van der Waals surface area contributed by atoms with Gasteiger partial charge in [-0.3, -0.25) is 0 Å². The average Bonchev–Trinajstić information content (AvgIpc) is 2.18. The fourth-order valence-corrected chi connectivity index (χ4v) is 1.14. The minimum absolute atomic E-state index is 0.451. The molecule has 0 aromatic heterocycles. The van der Waals surface area contributed by atoms with Crippen molar-refractivity contribution >= 4 is 5.69 Å². The number of para-hydroxylation sites is 1. The Morgan fingerprint density at radius 3 is 2.53 bits per heavy atom. The van der Waals surface area contributed by atoms with Crippen LogP contribution in [0.2, 0.25) is 0 Å². The first-order valence-corrected chi connectivity index (χ1v) is 4.93. The third kappa shape index (κ3) is 2.71. The van der Waals surface area contributed by atoms with Crippen molar-refractivity contribution in [3.8, 4) is 6.07 Å². The number of nitrogens with zero attached hydrogens (tertiary/aromatic N) is 1. The maximum absolute atomic E-state index is 9.56. The van der Waals surface area contributed by atoms with Crippen LogP contribution in [0.1, 0.15) is 26.3 Å². The number of aliphatic hydroxyl groups is 1. The summed E-state index contributed by atoms with van der Waals surface area (Å²) in [7, 11) is 0. The number of hydrogen-bond acceptors (Lipinski definition) is 3. The molecule has 15 heavy (non-hydrogen) atoms. The smallest absolute Gasteiger partial charge is 0.101 e. The van der Waals surface area contributed by atoms with E-state index < -0.39 is 11.6 Å². The number of anilines is 1. The summed E-state index contributed by atoms with van der Waals surface area (Å²) in [6.45, 7) is 5.51. The summed E-state index contributed by atoms with van der Waals surface area (Å²) in [5, 5.41) is 21.6. The Balaban J connectivity index is 2.95. The molecule has 0 aliphatic carbocycles. The zero-order chi connectivity index (χ0) is 11.5. The highest BCUT2D eigenvalue weighted by atomic mass is 16.3. The maximum atomic E-state index is 9.56. The maximum Gasteiger partial charge on any atom is 0.101 e. The first kappa shape index (κ1) is 11.5. The Hall–Kier alpha value is -1.53. The highest BCUT2D eigenvalue weighted by Gasteiger charge is 2.24. The fraction of sp³-hybridized carbons (Fsp3) is 0.417. The lowest BCUT2D eigenvalue weighted by molar-refractivity contribution is 0.133. The summed E-state index contributed by atoms with van der Waals surface area (Å²) < 4.78 is 0. The molecule has 0 saturated carbocycles. The van der Waals surface area contributed by atoms with Crippen molar-refractivity contribution in [3.05, 3.63) is 29.8 Å². The summed E-state index contributed by atoms with van der Waals surface area (Å²) in [6.07, 6.45) is -0.496. The van der Waals surface area contributed by atoms with Crippen molar-refractivity contribution in [3.63, 3.8) is 0 Å². The van der Waals surface area contributed by atoms with Crippen LogP contribution in [0.5, 0.6) is 0 Å². The Bertz CT molecular complexity index is 377. The normalized spacial score (nSPS) is 13.0.